The second kappa shape index (κ2) is 10.2. The SMILES string of the molecule is CCCCN(C)C(=O)C1CCN(C(=O)CCc2ccc(OC)cc2)CC1. The summed E-state index contributed by atoms with van der Waals surface area (Å²) in [5, 5.41) is 0. The molecule has 0 atom stereocenters. The molecule has 2 rings (SSSR count). The molecule has 1 aliphatic heterocycles. The summed E-state index contributed by atoms with van der Waals surface area (Å²) in [6, 6.07) is 7.85. The molecule has 1 aliphatic rings. The maximum atomic E-state index is 12.5. The van der Waals surface area contributed by atoms with Gasteiger partial charge in [-0.15, -0.1) is 0 Å². The molecular weight excluding hydrogens is 328 g/mol. The van der Waals surface area contributed by atoms with Gasteiger partial charge in [0.05, 0.1) is 7.11 Å². The average Bonchev–Trinajstić information content (AvgIpc) is 2.70. The number of piperidine rings is 1. The van der Waals surface area contributed by atoms with E-state index < -0.39 is 0 Å². The first-order valence-electron chi connectivity index (χ1n) is 9.70. The van der Waals surface area contributed by atoms with Crippen LogP contribution in [0.2, 0.25) is 0 Å². The monoisotopic (exact) mass is 360 g/mol. The quantitative estimate of drug-likeness (QED) is 0.716. The molecular formula is C21H32N2O3. The summed E-state index contributed by atoms with van der Waals surface area (Å²) in [4.78, 5) is 28.7. The fourth-order valence-corrected chi connectivity index (χ4v) is 3.39. The lowest BCUT2D eigenvalue weighted by atomic mass is 9.95. The molecule has 0 radical (unpaired) electrons. The number of hydrogen-bond donors (Lipinski definition) is 0. The lowest BCUT2D eigenvalue weighted by Crippen LogP contribution is -2.43. The van der Waals surface area contributed by atoms with Crippen LogP contribution < -0.4 is 4.74 Å². The number of carbonyl (C=O) groups excluding carboxylic acids is 2. The molecule has 1 aromatic carbocycles. The van der Waals surface area contributed by atoms with Gasteiger partial charge in [0, 0.05) is 39.0 Å². The number of unbranched alkanes of at least 4 members (excludes halogenated alkanes) is 1. The Kier molecular flexibility index (Phi) is 7.95. The maximum absolute atomic E-state index is 12.5. The number of benzene rings is 1. The predicted molar refractivity (Wildman–Crippen MR) is 103 cm³/mol. The van der Waals surface area contributed by atoms with Crippen molar-refractivity contribution in [2.45, 2.75) is 45.4 Å². The van der Waals surface area contributed by atoms with Gasteiger partial charge in [-0.2, -0.15) is 0 Å². The second-order valence-electron chi connectivity index (χ2n) is 7.12. The lowest BCUT2D eigenvalue weighted by molar-refractivity contribution is -0.139. The smallest absolute Gasteiger partial charge is 0.225 e. The Hall–Kier alpha value is -2.04. The van der Waals surface area contributed by atoms with Gasteiger partial charge in [-0.3, -0.25) is 9.59 Å². The zero-order valence-corrected chi connectivity index (χ0v) is 16.4. The minimum absolute atomic E-state index is 0.0718. The van der Waals surface area contributed by atoms with Crippen molar-refractivity contribution in [3.63, 3.8) is 0 Å². The lowest BCUT2D eigenvalue weighted by Gasteiger charge is -2.33. The van der Waals surface area contributed by atoms with Gasteiger partial charge in [-0.05, 0) is 43.4 Å². The summed E-state index contributed by atoms with van der Waals surface area (Å²) in [5.41, 5.74) is 1.14. The molecule has 1 fully saturated rings. The van der Waals surface area contributed by atoms with Gasteiger partial charge in [0.1, 0.15) is 5.75 Å². The third kappa shape index (κ3) is 5.75. The molecule has 2 amide bonds. The minimum Gasteiger partial charge on any atom is -0.497 e. The highest BCUT2D eigenvalue weighted by molar-refractivity contribution is 5.80. The van der Waals surface area contributed by atoms with Crippen LogP contribution in [0.5, 0.6) is 5.75 Å². The summed E-state index contributed by atoms with van der Waals surface area (Å²) in [6.07, 6.45) is 4.96. The first-order chi connectivity index (χ1) is 12.5. The van der Waals surface area contributed by atoms with Crippen LogP contribution in [0.25, 0.3) is 0 Å². The summed E-state index contributed by atoms with van der Waals surface area (Å²) in [5.74, 6) is 1.33. The highest BCUT2D eigenvalue weighted by Crippen LogP contribution is 2.21. The van der Waals surface area contributed by atoms with E-state index in [-0.39, 0.29) is 17.7 Å². The fourth-order valence-electron chi connectivity index (χ4n) is 3.39. The highest BCUT2D eigenvalue weighted by Gasteiger charge is 2.28. The number of ether oxygens (including phenoxy) is 1. The van der Waals surface area contributed by atoms with Crippen molar-refractivity contribution >= 4 is 11.8 Å². The number of amides is 2. The Bertz CT molecular complexity index is 577. The Morgan fingerprint density at radius 1 is 1.19 bits per heavy atom. The van der Waals surface area contributed by atoms with Gasteiger partial charge in [0.15, 0.2) is 0 Å². The zero-order valence-electron chi connectivity index (χ0n) is 16.4. The van der Waals surface area contributed by atoms with E-state index in [1.807, 2.05) is 41.1 Å². The second-order valence-corrected chi connectivity index (χ2v) is 7.12. The van der Waals surface area contributed by atoms with Crippen molar-refractivity contribution in [3.8, 4) is 5.75 Å². The Labute approximate surface area is 157 Å². The van der Waals surface area contributed by atoms with Crippen LogP contribution in [-0.2, 0) is 16.0 Å². The van der Waals surface area contributed by atoms with E-state index in [0.717, 1.165) is 50.0 Å². The number of methoxy groups -OCH3 is 1. The van der Waals surface area contributed by atoms with E-state index in [1.165, 1.54) is 0 Å². The minimum atomic E-state index is 0.0718. The van der Waals surface area contributed by atoms with Gasteiger partial charge in [0.25, 0.3) is 0 Å². The first-order valence-corrected chi connectivity index (χ1v) is 9.70. The molecule has 5 nitrogen and oxygen atoms in total. The molecule has 0 saturated carbocycles. The van der Waals surface area contributed by atoms with Crippen LogP contribution in [0.3, 0.4) is 0 Å². The molecule has 5 heteroatoms. The number of carbonyl (C=O) groups is 2. The molecule has 144 valence electrons. The van der Waals surface area contributed by atoms with Crippen molar-refractivity contribution in [2.24, 2.45) is 5.92 Å². The molecule has 1 heterocycles. The van der Waals surface area contributed by atoms with Crippen molar-refractivity contribution in [1.29, 1.82) is 0 Å². The first kappa shape index (κ1) is 20.3. The molecule has 0 unspecified atom stereocenters. The molecule has 0 aliphatic carbocycles. The van der Waals surface area contributed by atoms with E-state index in [2.05, 4.69) is 6.92 Å². The summed E-state index contributed by atoms with van der Waals surface area (Å²) in [6.45, 7) is 4.35. The normalized spacial score (nSPS) is 15.0. The van der Waals surface area contributed by atoms with Gasteiger partial charge in [-0.25, -0.2) is 0 Å². The zero-order chi connectivity index (χ0) is 18.9. The predicted octanol–water partition coefficient (Wildman–Crippen LogP) is 3.12. The standard InChI is InChI=1S/C21H32N2O3/c1-4-5-14-22(2)21(25)18-12-15-23(16-13-18)20(24)11-8-17-6-9-19(26-3)10-7-17/h6-7,9-10,18H,4-5,8,11-16H2,1-3H3. The van der Waals surface area contributed by atoms with Crippen molar-refractivity contribution in [3.05, 3.63) is 29.8 Å². The van der Waals surface area contributed by atoms with Crippen molar-refractivity contribution in [2.75, 3.05) is 33.8 Å². The Morgan fingerprint density at radius 2 is 1.85 bits per heavy atom. The van der Waals surface area contributed by atoms with Crippen LogP contribution in [-0.4, -0.2) is 55.4 Å². The van der Waals surface area contributed by atoms with Gasteiger partial charge in [-0.1, -0.05) is 25.5 Å². The van der Waals surface area contributed by atoms with E-state index in [1.54, 1.807) is 7.11 Å². The molecule has 1 aromatic rings. The summed E-state index contributed by atoms with van der Waals surface area (Å²) < 4.78 is 5.15. The van der Waals surface area contributed by atoms with E-state index >= 15 is 0 Å². The molecule has 0 spiro atoms. The van der Waals surface area contributed by atoms with Crippen molar-refractivity contribution in [1.82, 2.24) is 9.80 Å². The third-order valence-electron chi connectivity index (χ3n) is 5.21. The molecule has 0 N–H and O–H groups in total. The van der Waals surface area contributed by atoms with Crippen LogP contribution in [0, 0.1) is 5.92 Å². The van der Waals surface area contributed by atoms with Crippen LogP contribution in [0.15, 0.2) is 24.3 Å². The maximum Gasteiger partial charge on any atom is 0.225 e. The van der Waals surface area contributed by atoms with E-state index in [4.69, 9.17) is 4.74 Å². The van der Waals surface area contributed by atoms with E-state index in [0.29, 0.717) is 19.5 Å². The fraction of sp³-hybridized carbons (Fsp3) is 0.619. The number of nitrogens with zero attached hydrogens (tertiary/aromatic N) is 2. The van der Waals surface area contributed by atoms with Crippen LogP contribution >= 0.6 is 0 Å². The van der Waals surface area contributed by atoms with Gasteiger partial charge in [0.2, 0.25) is 11.8 Å². The highest BCUT2D eigenvalue weighted by atomic mass is 16.5. The van der Waals surface area contributed by atoms with E-state index in [9.17, 15) is 9.59 Å². The largest absolute Gasteiger partial charge is 0.497 e. The number of rotatable bonds is 8. The summed E-state index contributed by atoms with van der Waals surface area (Å²) in [7, 11) is 3.54. The summed E-state index contributed by atoms with van der Waals surface area (Å²) >= 11 is 0. The number of hydrogen-bond acceptors (Lipinski definition) is 3. The van der Waals surface area contributed by atoms with Crippen molar-refractivity contribution < 1.29 is 14.3 Å². The molecule has 26 heavy (non-hydrogen) atoms. The molecule has 1 saturated heterocycles. The third-order valence-corrected chi connectivity index (χ3v) is 5.21. The van der Waals surface area contributed by atoms with Gasteiger partial charge >= 0.3 is 0 Å². The van der Waals surface area contributed by atoms with Crippen LogP contribution in [0.4, 0.5) is 0 Å². The topological polar surface area (TPSA) is 49.9 Å². The van der Waals surface area contributed by atoms with Crippen LogP contribution in [0.1, 0.15) is 44.6 Å². The number of likely N-dealkylation sites (tertiary alicyclic amines) is 1. The Morgan fingerprint density at radius 3 is 2.42 bits per heavy atom. The average molecular weight is 360 g/mol. The van der Waals surface area contributed by atoms with Gasteiger partial charge < -0.3 is 14.5 Å². The Balaban J connectivity index is 1.74. The number of aryl methyl sites for hydroxylation is 1. The molecule has 0 aromatic heterocycles. The molecule has 0 bridgehead atoms.